The highest BCUT2D eigenvalue weighted by Gasteiger charge is 2.13. The molecule has 3 aromatic heterocycles. The number of pyridine rings is 1. The predicted octanol–water partition coefficient (Wildman–Crippen LogP) is 3.10. The molecule has 0 aromatic carbocycles. The number of aromatic nitrogens is 4. The van der Waals surface area contributed by atoms with Crippen molar-refractivity contribution in [3.05, 3.63) is 41.3 Å². The summed E-state index contributed by atoms with van der Waals surface area (Å²) in [5, 5.41) is 1.63. The Morgan fingerprint density at radius 1 is 1.33 bits per heavy atom. The van der Waals surface area contributed by atoms with Crippen LogP contribution in [0.1, 0.15) is 23.7 Å². The lowest BCUT2D eigenvalue weighted by molar-refractivity contribution is 0.990. The lowest BCUT2D eigenvalue weighted by atomic mass is 10.2. The second kappa shape index (κ2) is 5.73. The first-order valence-corrected chi connectivity index (χ1v) is 7.84. The number of aromatic amines is 1. The van der Waals surface area contributed by atoms with Gasteiger partial charge in [-0.2, -0.15) is 0 Å². The molecule has 108 valence electrons. The number of hydrogen-bond acceptors (Lipinski definition) is 5. The Labute approximate surface area is 127 Å². The van der Waals surface area contributed by atoms with Gasteiger partial charge in [0.25, 0.3) is 0 Å². The number of nitrogen functional groups attached to an aromatic ring is 1. The molecule has 0 unspecified atom stereocenters. The second-order valence-electron chi connectivity index (χ2n) is 4.85. The summed E-state index contributed by atoms with van der Waals surface area (Å²) in [6, 6.07) is 3.96. The maximum Gasteiger partial charge on any atom is 0.191 e. The van der Waals surface area contributed by atoms with Gasteiger partial charge in [-0.1, -0.05) is 24.8 Å². The Kier molecular flexibility index (Phi) is 3.79. The van der Waals surface area contributed by atoms with Crippen molar-refractivity contribution in [1.29, 1.82) is 0 Å². The molecule has 6 heteroatoms. The van der Waals surface area contributed by atoms with Crippen LogP contribution in [0.15, 0.2) is 29.7 Å². The Hall–Kier alpha value is -2.08. The van der Waals surface area contributed by atoms with Crippen LogP contribution in [-0.2, 0) is 12.2 Å². The molecule has 0 aliphatic heterocycles. The van der Waals surface area contributed by atoms with Gasteiger partial charge in [0.2, 0.25) is 0 Å². The van der Waals surface area contributed by atoms with Crippen LogP contribution >= 0.6 is 11.8 Å². The third-order valence-electron chi connectivity index (χ3n) is 3.46. The minimum atomic E-state index is 0.544. The van der Waals surface area contributed by atoms with Crippen molar-refractivity contribution in [2.24, 2.45) is 0 Å². The number of aryl methyl sites for hydroxylation is 2. The molecule has 21 heavy (non-hydrogen) atoms. The molecule has 0 saturated heterocycles. The number of rotatable bonds is 4. The van der Waals surface area contributed by atoms with Crippen LogP contribution in [0.2, 0.25) is 0 Å². The van der Waals surface area contributed by atoms with E-state index in [1.165, 1.54) is 5.69 Å². The molecule has 0 aliphatic rings. The van der Waals surface area contributed by atoms with E-state index >= 15 is 0 Å². The van der Waals surface area contributed by atoms with Crippen molar-refractivity contribution in [3.63, 3.8) is 0 Å². The summed E-state index contributed by atoms with van der Waals surface area (Å²) >= 11 is 1.56. The first-order valence-electron chi connectivity index (χ1n) is 6.85. The zero-order chi connectivity index (χ0) is 14.8. The molecule has 0 radical (unpaired) electrons. The molecule has 0 saturated carbocycles. The van der Waals surface area contributed by atoms with Crippen LogP contribution in [0, 0.1) is 6.92 Å². The average molecular weight is 299 g/mol. The summed E-state index contributed by atoms with van der Waals surface area (Å²) in [5.74, 6) is 1.32. The third-order valence-corrected chi connectivity index (χ3v) is 4.38. The maximum absolute atomic E-state index is 6.10. The van der Waals surface area contributed by atoms with E-state index in [2.05, 4.69) is 33.8 Å². The van der Waals surface area contributed by atoms with Gasteiger partial charge in [-0.3, -0.25) is 4.98 Å². The average Bonchev–Trinajstić information content (AvgIpc) is 2.83. The predicted molar refractivity (Wildman–Crippen MR) is 86.2 cm³/mol. The molecule has 3 aromatic rings. The van der Waals surface area contributed by atoms with Crippen LogP contribution in [0.5, 0.6) is 0 Å². The lowest BCUT2D eigenvalue weighted by Crippen LogP contribution is -1.97. The summed E-state index contributed by atoms with van der Waals surface area (Å²) in [6.45, 7) is 4.17. The van der Waals surface area contributed by atoms with E-state index in [-0.39, 0.29) is 0 Å². The summed E-state index contributed by atoms with van der Waals surface area (Å²) in [5.41, 5.74) is 10.4. The first-order chi connectivity index (χ1) is 10.2. The lowest BCUT2D eigenvalue weighted by Gasteiger charge is -2.03. The number of nitrogens with zero attached hydrogens (tertiary/aromatic N) is 3. The molecule has 3 heterocycles. The monoisotopic (exact) mass is 299 g/mol. The molecule has 0 fully saturated rings. The number of H-pyrrole nitrogens is 1. The van der Waals surface area contributed by atoms with E-state index in [0.717, 1.165) is 34.3 Å². The smallest absolute Gasteiger partial charge is 0.191 e. The van der Waals surface area contributed by atoms with Gasteiger partial charge in [0, 0.05) is 23.8 Å². The van der Waals surface area contributed by atoms with Crippen LogP contribution in [0.3, 0.4) is 0 Å². The van der Waals surface area contributed by atoms with Gasteiger partial charge in [0.1, 0.15) is 11.5 Å². The van der Waals surface area contributed by atoms with E-state index in [1.54, 1.807) is 18.0 Å². The third kappa shape index (κ3) is 2.71. The number of thioether (sulfide) groups is 1. The van der Waals surface area contributed by atoms with Crippen molar-refractivity contribution < 1.29 is 0 Å². The molecule has 3 rings (SSSR count). The van der Waals surface area contributed by atoms with Crippen molar-refractivity contribution in [2.45, 2.75) is 31.2 Å². The molecule has 0 bridgehead atoms. The van der Waals surface area contributed by atoms with Crippen molar-refractivity contribution in [1.82, 2.24) is 19.9 Å². The van der Waals surface area contributed by atoms with Crippen molar-refractivity contribution in [2.75, 3.05) is 5.73 Å². The zero-order valence-electron chi connectivity index (χ0n) is 12.1. The summed E-state index contributed by atoms with van der Waals surface area (Å²) in [4.78, 5) is 16.4. The van der Waals surface area contributed by atoms with Gasteiger partial charge in [-0.25, -0.2) is 9.97 Å². The van der Waals surface area contributed by atoms with Gasteiger partial charge < -0.3 is 10.7 Å². The molecule has 0 aliphatic carbocycles. The van der Waals surface area contributed by atoms with Crippen molar-refractivity contribution >= 4 is 28.6 Å². The molecule has 3 N–H and O–H groups in total. The Morgan fingerprint density at radius 2 is 2.19 bits per heavy atom. The van der Waals surface area contributed by atoms with Gasteiger partial charge in [0.05, 0.1) is 5.39 Å². The highest BCUT2D eigenvalue weighted by Crippen LogP contribution is 2.28. The molecular weight excluding hydrogens is 282 g/mol. The molecule has 0 spiro atoms. The Morgan fingerprint density at radius 3 is 2.90 bits per heavy atom. The fourth-order valence-electron chi connectivity index (χ4n) is 2.35. The summed E-state index contributed by atoms with van der Waals surface area (Å²) in [7, 11) is 0. The van der Waals surface area contributed by atoms with E-state index in [1.807, 2.05) is 18.3 Å². The number of nitrogens with two attached hydrogens (primary N) is 1. The number of fused-ring (bicyclic) bond motifs is 1. The maximum atomic E-state index is 6.10. The minimum Gasteiger partial charge on any atom is -0.383 e. The fraction of sp³-hybridized carbons (Fsp3) is 0.267. The summed E-state index contributed by atoms with van der Waals surface area (Å²) in [6.07, 6.45) is 4.55. The van der Waals surface area contributed by atoms with Crippen LogP contribution in [0.25, 0.3) is 11.0 Å². The Bertz CT molecular complexity index is 767. The highest BCUT2D eigenvalue weighted by atomic mass is 32.2. The Balaban J connectivity index is 1.90. The number of anilines is 1. The van der Waals surface area contributed by atoms with Gasteiger partial charge >= 0.3 is 0 Å². The fourth-order valence-corrected chi connectivity index (χ4v) is 3.14. The van der Waals surface area contributed by atoms with Gasteiger partial charge in [-0.15, -0.1) is 0 Å². The largest absolute Gasteiger partial charge is 0.383 e. The van der Waals surface area contributed by atoms with E-state index in [0.29, 0.717) is 11.0 Å². The van der Waals surface area contributed by atoms with Gasteiger partial charge in [0.15, 0.2) is 5.16 Å². The zero-order valence-corrected chi connectivity index (χ0v) is 12.9. The van der Waals surface area contributed by atoms with Gasteiger partial charge in [-0.05, 0) is 30.5 Å². The normalized spacial score (nSPS) is 11.1. The molecular formula is C15H17N5S. The van der Waals surface area contributed by atoms with E-state index in [9.17, 15) is 0 Å². The van der Waals surface area contributed by atoms with Crippen LogP contribution in [-0.4, -0.2) is 19.9 Å². The quantitative estimate of drug-likeness (QED) is 0.571. The minimum absolute atomic E-state index is 0.544. The number of hydrogen-bond donors (Lipinski definition) is 2. The molecule has 5 nitrogen and oxygen atoms in total. The van der Waals surface area contributed by atoms with Crippen LogP contribution < -0.4 is 5.73 Å². The van der Waals surface area contributed by atoms with Crippen molar-refractivity contribution in [3.8, 4) is 0 Å². The second-order valence-corrected chi connectivity index (χ2v) is 5.79. The SMILES string of the molecule is CCc1[nH]c2nc(SCc3cccnc3)nc(N)c2c1C. The summed E-state index contributed by atoms with van der Waals surface area (Å²) < 4.78 is 0. The van der Waals surface area contributed by atoms with E-state index < -0.39 is 0 Å². The topological polar surface area (TPSA) is 80.5 Å². The highest BCUT2D eigenvalue weighted by molar-refractivity contribution is 7.98. The van der Waals surface area contributed by atoms with E-state index in [4.69, 9.17) is 5.73 Å². The number of nitrogens with one attached hydrogen (secondary N) is 1. The molecule has 0 atom stereocenters. The molecule has 0 amide bonds. The van der Waals surface area contributed by atoms with Crippen LogP contribution in [0.4, 0.5) is 5.82 Å². The first kappa shape index (κ1) is 13.9. The standard InChI is InChI=1S/C15H17N5S/c1-3-11-9(2)12-13(16)19-15(20-14(12)18-11)21-8-10-5-4-6-17-7-10/h4-7H,3,8H2,1-2H3,(H3,16,18,19,20).